The first kappa shape index (κ1) is 16.4. The van der Waals surface area contributed by atoms with Crippen molar-refractivity contribution in [2.45, 2.75) is 5.33 Å². The highest BCUT2D eigenvalue weighted by Crippen LogP contribution is 2.38. The lowest BCUT2D eigenvalue weighted by molar-refractivity contribution is -0.385. The van der Waals surface area contributed by atoms with E-state index in [9.17, 15) is 10.1 Å². The van der Waals surface area contributed by atoms with Crippen LogP contribution in [-0.4, -0.2) is 4.92 Å². The van der Waals surface area contributed by atoms with E-state index < -0.39 is 4.92 Å². The summed E-state index contributed by atoms with van der Waals surface area (Å²) >= 11 is 21.0. The molecule has 0 saturated carbocycles. The second-order valence-electron chi connectivity index (χ2n) is 3.98. The highest BCUT2D eigenvalue weighted by Gasteiger charge is 2.19. The fraction of sp³-hybridized carbons (Fsp3) is 0.0769. The van der Waals surface area contributed by atoms with Crippen molar-refractivity contribution in [3.63, 3.8) is 0 Å². The van der Waals surface area contributed by atoms with Gasteiger partial charge in [-0.25, -0.2) is 0 Å². The van der Waals surface area contributed by atoms with E-state index >= 15 is 0 Å². The molecule has 0 aromatic heterocycles. The van der Waals surface area contributed by atoms with Gasteiger partial charge in [0.05, 0.1) is 15.0 Å². The predicted molar refractivity (Wildman–Crippen MR) is 87.3 cm³/mol. The highest BCUT2D eigenvalue weighted by atomic mass is 79.9. The number of nitro benzene ring substituents is 1. The number of benzene rings is 2. The van der Waals surface area contributed by atoms with Gasteiger partial charge in [0, 0.05) is 22.5 Å². The van der Waals surface area contributed by atoms with Gasteiger partial charge in [0.2, 0.25) is 5.75 Å². The van der Waals surface area contributed by atoms with Crippen LogP contribution in [0.1, 0.15) is 5.56 Å². The Morgan fingerprint density at radius 2 is 1.76 bits per heavy atom. The van der Waals surface area contributed by atoms with Gasteiger partial charge in [-0.3, -0.25) is 10.1 Å². The van der Waals surface area contributed by atoms with Crippen LogP contribution in [0.3, 0.4) is 0 Å². The number of ether oxygens (including phenoxy) is 1. The van der Waals surface area contributed by atoms with Gasteiger partial charge in [-0.05, 0) is 17.7 Å². The van der Waals surface area contributed by atoms with Crippen molar-refractivity contribution in [3.05, 3.63) is 61.1 Å². The molecule has 0 fully saturated rings. The molecular formula is C13H7BrCl3NO3. The van der Waals surface area contributed by atoms with Gasteiger partial charge in [-0.1, -0.05) is 56.8 Å². The molecule has 8 heteroatoms. The molecule has 0 aliphatic rings. The molecule has 0 unspecified atom stereocenters. The number of rotatable bonds is 4. The second-order valence-corrected chi connectivity index (χ2v) is 5.76. The Morgan fingerprint density at radius 1 is 1.10 bits per heavy atom. The summed E-state index contributed by atoms with van der Waals surface area (Å²) in [6, 6.07) is 7.44. The average Bonchev–Trinajstić information content (AvgIpc) is 2.42. The molecule has 4 nitrogen and oxygen atoms in total. The largest absolute Gasteiger partial charge is 0.450 e. The number of alkyl halides is 1. The van der Waals surface area contributed by atoms with E-state index in [-0.39, 0.29) is 21.5 Å². The third-order valence-corrected chi connectivity index (χ3v) is 4.27. The van der Waals surface area contributed by atoms with Crippen molar-refractivity contribution in [1.29, 1.82) is 0 Å². The van der Waals surface area contributed by atoms with E-state index in [1.807, 2.05) is 0 Å². The monoisotopic (exact) mass is 409 g/mol. The van der Waals surface area contributed by atoms with Crippen LogP contribution in [0.25, 0.3) is 0 Å². The molecule has 110 valence electrons. The van der Waals surface area contributed by atoms with Crippen molar-refractivity contribution in [2.75, 3.05) is 0 Å². The molecule has 0 heterocycles. The molecule has 0 saturated heterocycles. The maximum Gasteiger partial charge on any atom is 0.313 e. The number of hydrogen-bond acceptors (Lipinski definition) is 3. The first-order valence-electron chi connectivity index (χ1n) is 5.58. The molecule has 0 bridgehead atoms. The van der Waals surface area contributed by atoms with Crippen LogP contribution in [-0.2, 0) is 5.33 Å². The maximum atomic E-state index is 11.0. The molecule has 0 radical (unpaired) electrons. The average molecular weight is 411 g/mol. The molecule has 0 aliphatic carbocycles. The zero-order valence-electron chi connectivity index (χ0n) is 10.3. The fourth-order valence-corrected chi connectivity index (χ4v) is 2.77. The second kappa shape index (κ2) is 6.83. The van der Waals surface area contributed by atoms with E-state index in [0.717, 1.165) is 11.6 Å². The summed E-state index contributed by atoms with van der Waals surface area (Å²) in [6.45, 7) is 0. The minimum Gasteiger partial charge on any atom is -0.450 e. The Balaban J connectivity index is 2.41. The summed E-state index contributed by atoms with van der Waals surface area (Å²) in [7, 11) is 0. The Hall–Kier alpha value is -1.01. The predicted octanol–water partition coefficient (Wildman–Crippen LogP) is 6.24. The van der Waals surface area contributed by atoms with Gasteiger partial charge in [-0.2, -0.15) is 0 Å². The standard InChI is InChI=1S/C13H7BrCl3NO3/c14-6-7-1-2-8(3-9(7)15)21-13-5-11(17)10(16)4-12(13)18(19)20/h1-5H,6H2. The van der Waals surface area contributed by atoms with E-state index in [1.165, 1.54) is 6.07 Å². The maximum absolute atomic E-state index is 11.0. The quantitative estimate of drug-likeness (QED) is 0.340. The van der Waals surface area contributed by atoms with Gasteiger partial charge < -0.3 is 4.74 Å². The van der Waals surface area contributed by atoms with Gasteiger partial charge >= 0.3 is 5.69 Å². The Labute approximate surface area is 143 Å². The molecule has 0 atom stereocenters. The zero-order valence-corrected chi connectivity index (χ0v) is 14.1. The zero-order chi connectivity index (χ0) is 15.6. The lowest BCUT2D eigenvalue weighted by Crippen LogP contribution is -1.94. The molecule has 2 aromatic carbocycles. The van der Waals surface area contributed by atoms with E-state index in [1.54, 1.807) is 18.2 Å². The molecule has 0 aliphatic heterocycles. The van der Waals surface area contributed by atoms with Crippen LogP contribution < -0.4 is 4.74 Å². The normalized spacial score (nSPS) is 10.5. The molecular weight excluding hydrogens is 404 g/mol. The molecule has 21 heavy (non-hydrogen) atoms. The Kier molecular flexibility index (Phi) is 5.32. The minimum absolute atomic E-state index is 0.00272. The number of nitro groups is 1. The van der Waals surface area contributed by atoms with Crippen LogP contribution >= 0.6 is 50.7 Å². The van der Waals surface area contributed by atoms with Gasteiger partial charge in [-0.15, -0.1) is 0 Å². The highest BCUT2D eigenvalue weighted by molar-refractivity contribution is 9.08. The summed E-state index contributed by atoms with van der Waals surface area (Å²) in [5.74, 6) is 0.364. The van der Waals surface area contributed by atoms with Crippen molar-refractivity contribution in [1.82, 2.24) is 0 Å². The summed E-state index contributed by atoms with van der Waals surface area (Å²) in [5.41, 5.74) is 0.609. The van der Waals surface area contributed by atoms with Crippen LogP contribution in [0.2, 0.25) is 15.1 Å². The molecule has 0 spiro atoms. The molecule has 0 N–H and O–H groups in total. The molecule has 0 amide bonds. The topological polar surface area (TPSA) is 52.4 Å². The Morgan fingerprint density at radius 3 is 2.33 bits per heavy atom. The smallest absolute Gasteiger partial charge is 0.313 e. The van der Waals surface area contributed by atoms with Gasteiger partial charge in [0.15, 0.2) is 0 Å². The van der Waals surface area contributed by atoms with E-state index in [0.29, 0.717) is 16.1 Å². The molecule has 2 rings (SSSR count). The lowest BCUT2D eigenvalue weighted by atomic mass is 10.2. The van der Waals surface area contributed by atoms with Crippen molar-refractivity contribution >= 4 is 56.4 Å². The summed E-state index contributed by atoms with van der Waals surface area (Å²) in [6.07, 6.45) is 0. The third-order valence-electron chi connectivity index (χ3n) is 2.59. The van der Waals surface area contributed by atoms with Crippen LogP contribution in [0.5, 0.6) is 11.5 Å². The third kappa shape index (κ3) is 3.80. The van der Waals surface area contributed by atoms with Crippen molar-refractivity contribution in [3.8, 4) is 11.5 Å². The van der Waals surface area contributed by atoms with Crippen LogP contribution in [0.15, 0.2) is 30.3 Å². The van der Waals surface area contributed by atoms with Crippen molar-refractivity contribution in [2.24, 2.45) is 0 Å². The minimum atomic E-state index is -0.591. The summed E-state index contributed by atoms with van der Waals surface area (Å²) < 4.78 is 5.50. The summed E-state index contributed by atoms with van der Waals surface area (Å²) in [5, 5.41) is 12.4. The Bertz CT molecular complexity index is 709. The number of halogens is 4. The number of nitrogens with zero attached hydrogens (tertiary/aromatic N) is 1. The lowest BCUT2D eigenvalue weighted by Gasteiger charge is -2.09. The van der Waals surface area contributed by atoms with Crippen LogP contribution in [0, 0.1) is 10.1 Å². The fourth-order valence-electron chi connectivity index (χ4n) is 1.57. The van der Waals surface area contributed by atoms with Crippen molar-refractivity contribution < 1.29 is 9.66 Å². The van der Waals surface area contributed by atoms with E-state index in [4.69, 9.17) is 39.5 Å². The summed E-state index contributed by atoms with van der Waals surface area (Å²) in [4.78, 5) is 10.4. The van der Waals surface area contributed by atoms with Gasteiger partial charge in [0.1, 0.15) is 5.75 Å². The molecule has 2 aromatic rings. The number of hydrogen-bond donors (Lipinski definition) is 0. The SMILES string of the molecule is O=[N+]([O-])c1cc(Cl)c(Cl)cc1Oc1ccc(CBr)c(Cl)c1. The van der Waals surface area contributed by atoms with Crippen LogP contribution in [0.4, 0.5) is 5.69 Å². The van der Waals surface area contributed by atoms with Gasteiger partial charge in [0.25, 0.3) is 0 Å². The first-order chi connectivity index (χ1) is 9.92. The van der Waals surface area contributed by atoms with E-state index in [2.05, 4.69) is 15.9 Å². The first-order valence-corrected chi connectivity index (χ1v) is 7.83.